The molecule has 0 aliphatic carbocycles. The Hall–Kier alpha value is -8.02. The number of ether oxygens (including phenoxy) is 1. The van der Waals surface area contributed by atoms with Crippen LogP contribution in [0.15, 0.2) is 194 Å². The summed E-state index contributed by atoms with van der Waals surface area (Å²) < 4.78 is 10.9. The van der Waals surface area contributed by atoms with Crippen LogP contribution in [0.4, 0.5) is 0 Å². The fraction of sp³-hybridized carbons (Fsp3) is 0. The lowest BCUT2D eigenvalue weighted by molar-refractivity contribution is 0.486. The predicted molar refractivity (Wildman–Crippen MR) is 242 cm³/mol. The lowest BCUT2D eigenvalue weighted by atomic mass is 10.0. The molecular formula is C54H32N4O. The SMILES string of the molecule is c1ccc(-c2ccc3cc(-n4c5ccccc5c5cc(-c6ccc7c(c6)c6ccccc6n7-c6nc7c8c(cccc8n6)Oc6ccccc6-7)ccc54)ccc3c2)cc1. The minimum absolute atomic E-state index is 0.639. The van der Waals surface area contributed by atoms with E-state index in [0.29, 0.717) is 5.95 Å². The Morgan fingerprint density at radius 1 is 0.373 bits per heavy atom. The highest BCUT2D eigenvalue weighted by Gasteiger charge is 2.24. The molecule has 1 aliphatic heterocycles. The second kappa shape index (κ2) is 12.2. The van der Waals surface area contributed by atoms with Crippen LogP contribution in [0.3, 0.4) is 0 Å². The summed E-state index contributed by atoms with van der Waals surface area (Å²) in [6.45, 7) is 0. The van der Waals surface area contributed by atoms with Crippen molar-refractivity contribution < 1.29 is 4.74 Å². The number of para-hydroxylation sites is 3. The summed E-state index contributed by atoms with van der Waals surface area (Å²) >= 11 is 0. The van der Waals surface area contributed by atoms with Crippen molar-refractivity contribution in [3.63, 3.8) is 0 Å². The van der Waals surface area contributed by atoms with Crippen molar-refractivity contribution in [1.29, 1.82) is 0 Å². The maximum Gasteiger partial charge on any atom is 0.235 e. The summed E-state index contributed by atoms with van der Waals surface area (Å²) in [7, 11) is 0. The van der Waals surface area contributed by atoms with Crippen LogP contribution in [0.25, 0.3) is 110 Å². The Kier molecular flexibility index (Phi) is 6.66. The van der Waals surface area contributed by atoms with Gasteiger partial charge in [-0.1, -0.05) is 115 Å². The van der Waals surface area contributed by atoms with Crippen molar-refractivity contribution in [2.75, 3.05) is 0 Å². The molecule has 0 radical (unpaired) electrons. The first-order valence-corrected chi connectivity index (χ1v) is 20.0. The third-order valence-corrected chi connectivity index (χ3v) is 12.1. The normalized spacial score (nSPS) is 12.2. The molecule has 4 heterocycles. The van der Waals surface area contributed by atoms with Gasteiger partial charge in [-0.05, 0) is 112 Å². The van der Waals surface area contributed by atoms with Crippen molar-refractivity contribution >= 4 is 65.3 Å². The van der Waals surface area contributed by atoms with Crippen LogP contribution in [0.1, 0.15) is 0 Å². The summed E-state index contributed by atoms with van der Waals surface area (Å²) in [6, 6.07) is 69.3. The molecule has 0 fully saturated rings. The first kappa shape index (κ1) is 32.1. The minimum atomic E-state index is 0.639. The van der Waals surface area contributed by atoms with E-state index in [9.17, 15) is 0 Å². The molecule has 13 rings (SSSR count). The predicted octanol–water partition coefficient (Wildman–Crippen LogP) is 14.1. The highest BCUT2D eigenvalue weighted by molar-refractivity contribution is 6.13. The molecule has 0 unspecified atom stereocenters. The quantitative estimate of drug-likeness (QED) is 0.180. The van der Waals surface area contributed by atoms with Crippen LogP contribution < -0.4 is 4.74 Å². The van der Waals surface area contributed by atoms with E-state index in [0.717, 1.165) is 66.7 Å². The van der Waals surface area contributed by atoms with Gasteiger partial charge >= 0.3 is 0 Å². The summed E-state index contributed by atoms with van der Waals surface area (Å²) in [4.78, 5) is 10.5. The number of nitrogens with zero attached hydrogens (tertiary/aromatic N) is 4. The highest BCUT2D eigenvalue weighted by atomic mass is 16.5. The summed E-state index contributed by atoms with van der Waals surface area (Å²) in [5.74, 6) is 2.23. The summed E-state index contributed by atoms with van der Waals surface area (Å²) in [6.07, 6.45) is 0. The van der Waals surface area contributed by atoms with Crippen molar-refractivity contribution in [1.82, 2.24) is 19.1 Å². The van der Waals surface area contributed by atoms with Crippen LogP contribution >= 0.6 is 0 Å². The van der Waals surface area contributed by atoms with Crippen molar-refractivity contribution in [3.05, 3.63) is 194 Å². The number of hydrogen-bond donors (Lipinski definition) is 0. The van der Waals surface area contributed by atoms with Crippen LogP contribution in [0, 0.1) is 0 Å². The topological polar surface area (TPSA) is 44.9 Å². The molecule has 59 heavy (non-hydrogen) atoms. The summed E-state index contributed by atoms with van der Waals surface area (Å²) in [5.41, 5.74) is 13.1. The molecule has 5 heteroatoms. The van der Waals surface area contributed by atoms with Crippen LogP contribution in [0.2, 0.25) is 0 Å². The van der Waals surface area contributed by atoms with E-state index in [1.165, 1.54) is 49.3 Å². The molecule has 5 nitrogen and oxygen atoms in total. The van der Waals surface area contributed by atoms with E-state index in [-0.39, 0.29) is 0 Å². The van der Waals surface area contributed by atoms with Crippen molar-refractivity contribution in [3.8, 4) is 56.6 Å². The van der Waals surface area contributed by atoms with Gasteiger partial charge in [-0.3, -0.25) is 4.57 Å². The monoisotopic (exact) mass is 752 g/mol. The van der Waals surface area contributed by atoms with E-state index in [1.54, 1.807) is 0 Å². The summed E-state index contributed by atoms with van der Waals surface area (Å²) in [5, 5.41) is 8.15. The zero-order valence-corrected chi connectivity index (χ0v) is 31.7. The van der Waals surface area contributed by atoms with Gasteiger partial charge in [-0.15, -0.1) is 0 Å². The third kappa shape index (κ3) is 4.79. The van der Waals surface area contributed by atoms with E-state index < -0.39 is 0 Å². The molecule has 12 aromatic rings. The molecule has 0 saturated heterocycles. The molecule has 1 aliphatic rings. The second-order valence-corrected chi connectivity index (χ2v) is 15.4. The number of rotatable bonds is 4. The average Bonchev–Trinajstić information content (AvgIpc) is 3.81. The Balaban J connectivity index is 0.950. The lowest BCUT2D eigenvalue weighted by Gasteiger charge is -2.20. The van der Waals surface area contributed by atoms with Crippen molar-refractivity contribution in [2.45, 2.75) is 0 Å². The first-order valence-electron chi connectivity index (χ1n) is 20.0. The van der Waals surface area contributed by atoms with Crippen LogP contribution in [0.5, 0.6) is 11.5 Å². The van der Waals surface area contributed by atoms with Gasteiger partial charge < -0.3 is 9.30 Å². The average molecular weight is 753 g/mol. The maximum atomic E-state index is 6.29. The number of hydrogen-bond acceptors (Lipinski definition) is 3. The molecule has 9 aromatic carbocycles. The Morgan fingerprint density at radius 2 is 0.966 bits per heavy atom. The van der Waals surface area contributed by atoms with E-state index in [4.69, 9.17) is 14.7 Å². The number of fused-ring (bicyclic) bond motifs is 9. The van der Waals surface area contributed by atoms with E-state index in [1.807, 2.05) is 36.4 Å². The van der Waals surface area contributed by atoms with Gasteiger partial charge in [0, 0.05) is 32.8 Å². The molecule has 0 N–H and O–H groups in total. The largest absolute Gasteiger partial charge is 0.456 e. The maximum absolute atomic E-state index is 6.29. The number of benzene rings is 9. The Bertz CT molecular complexity index is 3710. The Labute approximate surface area is 338 Å². The molecule has 0 bridgehead atoms. The zero-order valence-electron chi connectivity index (χ0n) is 31.7. The van der Waals surface area contributed by atoms with Gasteiger partial charge in [-0.2, -0.15) is 0 Å². The molecule has 0 saturated carbocycles. The molecule has 0 spiro atoms. The van der Waals surface area contributed by atoms with Gasteiger partial charge in [0.15, 0.2) is 0 Å². The van der Waals surface area contributed by atoms with Gasteiger partial charge in [0.1, 0.15) is 11.5 Å². The molecule has 0 atom stereocenters. The minimum Gasteiger partial charge on any atom is -0.456 e. The van der Waals surface area contributed by atoms with Crippen LogP contribution in [-0.4, -0.2) is 19.1 Å². The van der Waals surface area contributed by atoms with Gasteiger partial charge in [-0.25, -0.2) is 9.97 Å². The zero-order chi connectivity index (χ0) is 38.6. The molecule has 0 amide bonds. The lowest BCUT2D eigenvalue weighted by Crippen LogP contribution is -2.06. The van der Waals surface area contributed by atoms with Gasteiger partial charge in [0.25, 0.3) is 0 Å². The van der Waals surface area contributed by atoms with E-state index in [2.05, 4.69) is 167 Å². The fourth-order valence-corrected chi connectivity index (χ4v) is 9.37. The highest BCUT2D eigenvalue weighted by Crippen LogP contribution is 2.46. The fourth-order valence-electron chi connectivity index (χ4n) is 9.37. The van der Waals surface area contributed by atoms with Gasteiger partial charge in [0.2, 0.25) is 5.95 Å². The standard InChI is InChI=1S/C54H32N4O/c1-2-11-33(12-3-1)34-21-22-36-30-39(26-23-35(36)29-34)57-46-17-7-4-13-40(46)43-31-37(24-27-48(43)57)38-25-28-49-44(32-38)41-14-5-8-18-47(41)58(49)54-55-45-16-10-20-51-52(45)53(56-54)42-15-6-9-19-50(42)59-51/h1-32H. The first-order chi connectivity index (χ1) is 29.2. The van der Waals surface area contributed by atoms with Gasteiger partial charge in [0.05, 0.1) is 38.7 Å². The molecule has 3 aromatic heterocycles. The Morgan fingerprint density at radius 3 is 1.76 bits per heavy atom. The smallest absolute Gasteiger partial charge is 0.235 e. The van der Waals surface area contributed by atoms with Crippen molar-refractivity contribution in [2.24, 2.45) is 0 Å². The second-order valence-electron chi connectivity index (χ2n) is 15.4. The van der Waals surface area contributed by atoms with Crippen LogP contribution in [-0.2, 0) is 0 Å². The molecular weight excluding hydrogens is 721 g/mol. The van der Waals surface area contributed by atoms with E-state index >= 15 is 0 Å². The number of aromatic nitrogens is 4. The third-order valence-electron chi connectivity index (χ3n) is 12.1. The molecule has 274 valence electrons.